The van der Waals surface area contributed by atoms with Crippen LogP contribution >= 0.6 is 0 Å². The van der Waals surface area contributed by atoms with Gasteiger partial charge in [-0.1, -0.05) is 24.1 Å². The van der Waals surface area contributed by atoms with Gasteiger partial charge in [0.1, 0.15) is 0 Å². The van der Waals surface area contributed by atoms with Gasteiger partial charge in [-0.05, 0) is 42.9 Å². The highest BCUT2D eigenvalue weighted by atomic mass is 14.2. The molecule has 0 saturated heterocycles. The number of rotatable bonds is 1. The molecule has 1 aromatic carbocycles. The lowest BCUT2D eigenvalue weighted by Crippen LogP contribution is -1.96. The number of hydrogen-bond acceptors (Lipinski definition) is 0. The van der Waals surface area contributed by atoms with Crippen LogP contribution in [0.15, 0.2) is 18.2 Å². The van der Waals surface area contributed by atoms with Crippen molar-refractivity contribution in [3.05, 3.63) is 34.9 Å². The summed E-state index contributed by atoms with van der Waals surface area (Å²) in [6, 6.07) is 6.54. The third-order valence-electron chi connectivity index (χ3n) is 2.90. The topological polar surface area (TPSA) is 0 Å². The maximum Gasteiger partial charge on any atom is 0.0424 e. The first-order chi connectivity index (χ1) is 6.33. The van der Waals surface area contributed by atoms with E-state index < -0.39 is 0 Å². The van der Waals surface area contributed by atoms with Crippen molar-refractivity contribution in [1.29, 1.82) is 0 Å². The van der Waals surface area contributed by atoms with Crippen molar-refractivity contribution in [1.82, 2.24) is 0 Å². The van der Waals surface area contributed by atoms with Crippen LogP contribution in [0.25, 0.3) is 0 Å². The summed E-state index contributed by atoms with van der Waals surface area (Å²) in [5.41, 5.74) is 4.41. The largest absolute Gasteiger partial charge is 0.119 e. The fourth-order valence-corrected chi connectivity index (χ4v) is 2.14. The normalized spacial score (nSPS) is 16.3. The summed E-state index contributed by atoms with van der Waals surface area (Å²) < 4.78 is 0. The standard InChI is InChI=1S/C13H14/c1-3-10(2)12-8-4-6-11-7-5-9-13(11)12/h1,4,6,8,10H,5,7,9H2,2H3. The van der Waals surface area contributed by atoms with E-state index in [0.717, 1.165) is 0 Å². The first-order valence-electron chi connectivity index (χ1n) is 4.89. The van der Waals surface area contributed by atoms with Crippen molar-refractivity contribution < 1.29 is 0 Å². The molecule has 0 nitrogen and oxygen atoms in total. The minimum atomic E-state index is 0.271. The molecule has 1 aliphatic carbocycles. The molecule has 0 heterocycles. The van der Waals surface area contributed by atoms with E-state index in [1.807, 2.05) is 0 Å². The van der Waals surface area contributed by atoms with E-state index >= 15 is 0 Å². The zero-order valence-electron chi connectivity index (χ0n) is 8.01. The molecule has 0 fully saturated rings. The van der Waals surface area contributed by atoms with Gasteiger partial charge in [0.25, 0.3) is 0 Å². The Bertz CT molecular complexity index is 355. The highest BCUT2D eigenvalue weighted by Gasteiger charge is 2.16. The molecule has 0 heteroatoms. The van der Waals surface area contributed by atoms with E-state index in [9.17, 15) is 0 Å². The van der Waals surface area contributed by atoms with Gasteiger partial charge in [0.2, 0.25) is 0 Å². The van der Waals surface area contributed by atoms with Crippen molar-refractivity contribution in [2.45, 2.75) is 32.1 Å². The summed E-state index contributed by atoms with van der Waals surface area (Å²) in [7, 11) is 0. The van der Waals surface area contributed by atoms with Crippen LogP contribution in [-0.4, -0.2) is 0 Å². The van der Waals surface area contributed by atoms with Crippen LogP contribution in [0.1, 0.15) is 36.0 Å². The molecule has 1 atom stereocenters. The predicted octanol–water partition coefficient (Wildman–Crippen LogP) is 2.91. The summed E-state index contributed by atoms with van der Waals surface area (Å²) in [4.78, 5) is 0. The highest BCUT2D eigenvalue weighted by Crippen LogP contribution is 2.29. The molecule has 0 radical (unpaired) electrons. The Balaban J connectivity index is 2.48. The van der Waals surface area contributed by atoms with Crippen molar-refractivity contribution in [3.63, 3.8) is 0 Å². The lowest BCUT2D eigenvalue weighted by molar-refractivity contribution is 0.896. The number of fused-ring (bicyclic) bond motifs is 1. The molecule has 0 aliphatic heterocycles. The fourth-order valence-electron chi connectivity index (χ4n) is 2.14. The molecule has 2 rings (SSSR count). The first kappa shape index (κ1) is 8.38. The Morgan fingerprint density at radius 3 is 3.00 bits per heavy atom. The third-order valence-corrected chi connectivity index (χ3v) is 2.90. The Morgan fingerprint density at radius 1 is 1.38 bits per heavy atom. The minimum absolute atomic E-state index is 0.271. The molecule has 0 saturated carbocycles. The molecule has 0 bridgehead atoms. The average Bonchev–Trinajstić information content (AvgIpc) is 2.63. The lowest BCUT2D eigenvalue weighted by atomic mass is 9.94. The average molecular weight is 170 g/mol. The highest BCUT2D eigenvalue weighted by molar-refractivity contribution is 5.42. The summed E-state index contributed by atoms with van der Waals surface area (Å²) >= 11 is 0. The van der Waals surface area contributed by atoms with Crippen LogP contribution in [0.3, 0.4) is 0 Å². The maximum absolute atomic E-state index is 5.45. The van der Waals surface area contributed by atoms with Crippen LogP contribution in [-0.2, 0) is 12.8 Å². The molecule has 0 aromatic heterocycles. The predicted molar refractivity (Wildman–Crippen MR) is 55.7 cm³/mol. The summed E-state index contributed by atoms with van der Waals surface area (Å²) in [5.74, 6) is 3.08. The Kier molecular flexibility index (Phi) is 2.10. The summed E-state index contributed by atoms with van der Waals surface area (Å²) in [6.45, 7) is 2.11. The van der Waals surface area contributed by atoms with E-state index in [1.165, 1.54) is 36.0 Å². The van der Waals surface area contributed by atoms with Crippen LogP contribution in [0.4, 0.5) is 0 Å². The molecular formula is C13H14. The zero-order valence-corrected chi connectivity index (χ0v) is 8.01. The Morgan fingerprint density at radius 2 is 2.23 bits per heavy atom. The van der Waals surface area contributed by atoms with Gasteiger partial charge in [-0.3, -0.25) is 0 Å². The van der Waals surface area contributed by atoms with Gasteiger partial charge in [-0.15, -0.1) is 6.42 Å². The second-order valence-electron chi connectivity index (χ2n) is 3.73. The van der Waals surface area contributed by atoms with Gasteiger partial charge in [0.05, 0.1) is 0 Å². The van der Waals surface area contributed by atoms with Gasteiger partial charge >= 0.3 is 0 Å². The van der Waals surface area contributed by atoms with Crippen molar-refractivity contribution in [3.8, 4) is 12.3 Å². The third kappa shape index (κ3) is 1.35. The molecule has 0 spiro atoms. The SMILES string of the molecule is C#CC(C)c1cccc2c1CCC2. The van der Waals surface area contributed by atoms with E-state index in [1.54, 1.807) is 0 Å². The fraction of sp³-hybridized carbons (Fsp3) is 0.385. The monoisotopic (exact) mass is 170 g/mol. The van der Waals surface area contributed by atoms with Crippen LogP contribution in [0, 0.1) is 12.3 Å². The van der Waals surface area contributed by atoms with E-state index in [2.05, 4.69) is 31.0 Å². The van der Waals surface area contributed by atoms with Crippen molar-refractivity contribution in [2.75, 3.05) is 0 Å². The molecule has 13 heavy (non-hydrogen) atoms. The molecule has 66 valence electrons. The van der Waals surface area contributed by atoms with E-state index in [-0.39, 0.29) is 5.92 Å². The second kappa shape index (κ2) is 3.26. The summed E-state index contributed by atoms with van der Waals surface area (Å²) in [6.07, 6.45) is 9.20. The van der Waals surface area contributed by atoms with Crippen LogP contribution < -0.4 is 0 Å². The molecule has 1 aromatic rings. The van der Waals surface area contributed by atoms with Gasteiger partial charge in [-0.2, -0.15) is 0 Å². The molecule has 0 N–H and O–H groups in total. The quantitative estimate of drug-likeness (QED) is 0.568. The maximum atomic E-state index is 5.45. The van der Waals surface area contributed by atoms with Gasteiger partial charge in [-0.25, -0.2) is 0 Å². The number of hydrogen-bond donors (Lipinski definition) is 0. The minimum Gasteiger partial charge on any atom is -0.119 e. The second-order valence-corrected chi connectivity index (χ2v) is 3.73. The first-order valence-corrected chi connectivity index (χ1v) is 4.89. The Hall–Kier alpha value is -1.22. The smallest absolute Gasteiger partial charge is 0.0424 e. The van der Waals surface area contributed by atoms with Crippen LogP contribution in [0.5, 0.6) is 0 Å². The van der Waals surface area contributed by atoms with E-state index in [0.29, 0.717) is 0 Å². The Labute approximate surface area is 80.0 Å². The number of aryl methyl sites for hydroxylation is 1. The van der Waals surface area contributed by atoms with Crippen molar-refractivity contribution >= 4 is 0 Å². The van der Waals surface area contributed by atoms with E-state index in [4.69, 9.17) is 6.42 Å². The molecular weight excluding hydrogens is 156 g/mol. The van der Waals surface area contributed by atoms with Gasteiger partial charge < -0.3 is 0 Å². The molecule has 1 unspecified atom stereocenters. The summed E-state index contributed by atoms with van der Waals surface area (Å²) in [5, 5.41) is 0. The van der Waals surface area contributed by atoms with Gasteiger partial charge in [0, 0.05) is 5.92 Å². The van der Waals surface area contributed by atoms with Crippen molar-refractivity contribution in [2.24, 2.45) is 0 Å². The molecule has 0 amide bonds. The number of benzene rings is 1. The van der Waals surface area contributed by atoms with Crippen LogP contribution in [0.2, 0.25) is 0 Å². The lowest BCUT2D eigenvalue weighted by Gasteiger charge is -2.10. The van der Waals surface area contributed by atoms with Gasteiger partial charge in [0.15, 0.2) is 0 Å². The number of terminal acetylenes is 1. The zero-order chi connectivity index (χ0) is 9.26. The molecule has 1 aliphatic rings.